The van der Waals surface area contributed by atoms with Crippen molar-refractivity contribution in [3.8, 4) is 0 Å². The highest BCUT2D eigenvalue weighted by Crippen LogP contribution is 2.36. The first kappa shape index (κ1) is 13.8. The Morgan fingerprint density at radius 3 is 2.90 bits per heavy atom. The zero-order chi connectivity index (χ0) is 14.3. The predicted molar refractivity (Wildman–Crippen MR) is 73.4 cm³/mol. The summed E-state index contributed by atoms with van der Waals surface area (Å²) >= 11 is 1.31. The number of nitrogens with zero attached hydrogens (tertiary/aromatic N) is 3. The van der Waals surface area contributed by atoms with Crippen molar-refractivity contribution in [3.05, 3.63) is 12.3 Å². The van der Waals surface area contributed by atoms with Gasteiger partial charge in [0.1, 0.15) is 29.8 Å². The van der Waals surface area contributed by atoms with Crippen molar-refractivity contribution >= 4 is 22.7 Å². The van der Waals surface area contributed by atoms with E-state index >= 15 is 0 Å². The molecule has 3 rings (SSSR count). The Kier molecular flexibility index (Phi) is 3.69. The molecule has 20 heavy (non-hydrogen) atoms. The van der Waals surface area contributed by atoms with Crippen molar-refractivity contribution in [1.82, 2.24) is 9.78 Å². The molecule has 0 radical (unpaired) electrons. The number of aliphatic hydroxyl groups is 3. The maximum atomic E-state index is 10.0. The fraction of sp³-hybridized carbons (Fsp3) is 0.636. The van der Waals surface area contributed by atoms with E-state index < -0.39 is 29.8 Å². The summed E-state index contributed by atoms with van der Waals surface area (Å²) in [7, 11) is 1.81. The molecule has 5 atom stereocenters. The molecule has 0 aromatic carbocycles. The molecule has 0 amide bonds. The Morgan fingerprint density at radius 2 is 2.25 bits per heavy atom. The van der Waals surface area contributed by atoms with Gasteiger partial charge < -0.3 is 25.4 Å². The van der Waals surface area contributed by atoms with Gasteiger partial charge in [-0.05, 0) is 0 Å². The predicted octanol–water partition coefficient (Wildman–Crippen LogP) is -1.26. The molecule has 0 saturated carbocycles. The summed E-state index contributed by atoms with van der Waals surface area (Å²) in [6.07, 6.45) is -1.18. The summed E-state index contributed by atoms with van der Waals surface area (Å²) in [5, 5.41) is 36.8. The summed E-state index contributed by atoms with van der Waals surface area (Å²) in [6, 6.07) is 1.25. The Bertz CT molecular complexity index is 522. The minimum atomic E-state index is -1.14. The Labute approximate surface area is 119 Å². The van der Waals surface area contributed by atoms with E-state index in [0.29, 0.717) is 11.0 Å². The molecule has 0 spiro atoms. The molecule has 9 heteroatoms. The fourth-order valence-electron chi connectivity index (χ4n) is 2.23. The van der Waals surface area contributed by atoms with E-state index in [2.05, 4.69) is 15.4 Å². The number of aryl methyl sites for hydroxylation is 1. The summed E-state index contributed by atoms with van der Waals surface area (Å²) in [6.45, 7) is -0.342. The summed E-state index contributed by atoms with van der Waals surface area (Å²) < 4.78 is 7.20. The molecular formula is C11H16N4O4S. The molecule has 2 aliphatic rings. The smallest absolute Gasteiger partial charge is 0.165 e. The molecule has 8 nitrogen and oxygen atoms in total. The van der Waals surface area contributed by atoms with Crippen molar-refractivity contribution in [2.75, 3.05) is 11.9 Å². The van der Waals surface area contributed by atoms with Crippen molar-refractivity contribution in [3.63, 3.8) is 0 Å². The maximum Gasteiger partial charge on any atom is 0.165 e. The second kappa shape index (κ2) is 5.34. The minimum absolute atomic E-state index is 0.342. The Morgan fingerprint density at radius 1 is 1.45 bits per heavy atom. The van der Waals surface area contributed by atoms with Crippen LogP contribution in [0.5, 0.6) is 0 Å². The highest BCUT2D eigenvalue weighted by molar-refractivity contribution is 8.14. The number of ether oxygens (including phenoxy) is 1. The van der Waals surface area contributed by atoms with Crippen LogP contribution in [0.4, 0.5) is 5.82 Å². The molecule has 2 aliphatic heterocycles. The molecular weight excluding hydrogens is 284 g/mol. The topological polar surface area (TPSA) is 112 Å². The van der Waals surface area contributed by atoms with Crippen molar-refractivity contribution < 1.29 is 20.1 Å². The van der Waals surface area contributed by atoms with E-state index in [1.807, 2.05) is 7.05 Å². The molecule has 1 saturated heterocycles. The van der Waals surface area contributed by atoms with Crippen LogP contribution < -0.4 is 5.32 Å². The average molecular weight is 300 g/mol. The third-order valence-electron chi connectivity index (χ3n) is 3.29. The van der Waals surface area contributed by atoms with Crippen LogP contribution in [0.25, 0.3) is 0 Å². The highest BCUT2D eigenvalue weighted by Gasteiger charge is 2.48. The Hall–Kier alpha value is -1.13. The van der Waals surface area contributed by atoms with Crippen LogP contribution in [0.2, 0.25) is 0 Å². The summed E-state index contributed by atoms with van der Waals surface area (Å²) in [5.41, 5.74) is -0.420. The molecule has 1 aromatic heterocycles. The standard InChI is InChI=1S/C11H16N4O4S/c1-15-3-2-6(14-15)12-11-13-7-9(18)8(17)5(4-16)19-10(7)20-11/h2-3,5,7-10,16-18H,4H2,1H3,(H,12,13,14). The average Bonchev–Trinajstić information content (AvgIpc) is 3.00. The van der Waals surface area contributed by atoms with Crippen LogP contribution in [-0.2, 0) is 11.8 Å². The molecule has 0 bridgehead atoms. The third kappa shape index (κ3) is 2.42. The number of rotatable bonds is 2. The lowest BCUT2D eigenvalue weighted by Crippen LogP contribution is -2.55. The van der Waals surface area contributed by atoms with Gasteiger partial charge in [-0.3, -0.25) is 9.67 Å². The Balaban J connectivity index is 1.72. The molecule has 3 heterocycles. The maximum absolute atomic E-state index is 10.0. The van der Waals surface area contributed by atoms with Crippen molar-refractivity contribution in [1.29, 1.82) is 0 Å². The number of aliphatic imine (C=N–C) groups is 1. The lowest BCUT2D eigenvalue weighted by molar-refractivity contribution is -0.164. The van der Waals surface area contributed by atoms with Crippen LogP contribution in [-0.4, -0.2) is 66.7 Å². The SMILES string of the molecule is Cn1ccc(NC2=NC3C(OC(CO)C(O)C3O)S2)n1. The number of aliphatic hydroxyl groups excluding tert-OH is 3. The monoisotopic (exact) mass is 300 g/mol. The lowest BCUT2D eigenvalue weighted by Gasteiger charge is -2.37. The van der Waals surface area contributed by atoms with Crippen molar-refractivity contribution in [2.45, 2.75) is 29.8 Å². The van der Waals surface area contributed by atoms with Gasteiger partial charge in [0.2, 0.25) is 0 Å². The van der Waals surface area contributed by atoms with E-state index in [4.69, 9.17) is 9.84 Å². The second-order valence-electron chi connectivity index (χ2n) is 4.75. The van der Waals surface area contributed by atoms with E-state index in [0.717, 1.165) is 0 Å². The van der Waals surface area contributed by atoms with E-state index in [1.54, 1.807) is 16.9 Å². The number of fused-ring (bicyclic) bond motifs is 1. The molecule has 110 valence electrons. The van der Waals surface area contributed by atoms with Gasteiger partial charge >= 0.3 is 0 Å². The molecule has 0 aliphatic carbocycles. The number of aromatic nitrogens is 2. The van der Waals surface area contributed by atoms with Gasteiger partial charge in [0, 0.05) is 19.3 Å². The van der Waals surface area contributed by atoms with Crippen LogP contribution in [0.3, 0.4) is 0 Å². The summed E-state index contributed by atoms with van der Waals surface area (Å²) in [4.78, 5) is 4.32. The van der Waals surface area contributed by atoms with E-state index in [1.165, 1.54) is 11.8 Å². The second-order valence-corrected chi connectivity index (χ2v) is 5.84. The van der Waals surface area contributed by atoms with Crippen LogP contribution in [0, 0.1) is 0 Å². The fourth-order valence-corrected chi connectivity index (χ4v) is 3.36. The van der Waals surface area contributed by atoms with Gasteiger partial charge in [0.05, 0.1) is 6.61 Å². The van der Waals surface area contributed by atoms with E-state index in [9.17, 15) is 10.2 Å². The number of nitrogens with one attached hydrogen (secondary N) is 1. The first-order valence-corrected chi connectivity index (χ1v) is 7.10. The number of thioether (sulfide) groups is 1. The molecule has 4 N–H and O–H groups in total. The normalized spacial score (nSPS) is 36.6. The van der Waals surface area contributed by atoms with Gasteiger partial charge in [-0.25, -0.2) is 0 Å². The van der Waals surface area contributed by atoms with Gasteiger partial charge in [0.15, 0.2) is 11.0 Å². The van der Waals surface area contributed by atoms with Crippen LogP contribution >= 0.6 is 11.8 Å². The molecule has 1 aromatic rings. The summed E-state index contributed by atoms with van der Waals surface area (Å²) in [5.74, 6) is 0.645. The number of hydrogen-bond acceptors (Lipinski definition) is 8. The van der Waals surface area contributed by atoms with Gasteiger partial charge in [0.25, 0.3) is 0 Å². The van der Waals surface area contributed by atoms with Crippen LogP contribution in [0.15, 0.2) is 17.3 Å². The largest absolute Gasteiger partial charge is 0.394 e. The number of amidine groups is 1. The minimum Gasteiger partial charge on any atom is -0.394 e. The first-order valence-electron chi connectivity index (χ1n) is 6.22. The quantitative estimate of drug-likeness (QED) is 0.539. The highest BCUT2D eigenvalue weighted by atomic mass is 32.2. The zero-order valence-electron chi connectivity index (χ0n) is 10.7. The lowest BCUT2D eigenvalue weighted by atomic mass is 9.99. The van der Waals surface area contributed by atoms with Gasteiger partial charge in [-0.2, -0.15) is 5.10 Å². The molecule has 5 unspecified atom stereocenters. The van der Waals surface area contributed by atoms with Gasteiger partial charge in [-0.1, -0.05) is 11.8 Å². The van der Waals surface area contributed by atoms with Crippen molar-refractivity contribution in [2.24, 2.45) is 12.0 Å². The van der Waals surface area contributed by atoms with E-state index in [-0.39, 0.29) is 6.61 Å². The molecule has 1 fully saturated rings. The van der Waals surface area contributed by atoms with Crippen LogP contribution in [0.1, 0.15) is 0 Å². The third-order valence-corrected chi connectivity index (χ3v) is 4.34. The zero-order valence-corrected chi connectivity index (χ0v) is 11.6. The number of hydrogen-bond donors (Lipinski definition) is 4. The first-order chi connectivity index (χ1) is 9.58. The van der Waals surface area contributed by atoms with Gasteiger partial charge in [-0.15, -0.1) is 0 Å². The number of anilines is 1.